The molecule has 0 aliphatic heterocycles. The number of benzene rings is 10. The van der Waals surface area contributed by atoms with E-state index in [4.69, 9.17) is 8.83 Å². The molecule has 3 heteroatoms. The van der Waals surface area contributed by atoms with E-state index in [1.807, 2.05) is 18.2 Å². The van der Waals surface area contributed by atoms with Crippen molar-refractivity contribution in [3.63, 3.8) is 0 Å². The van der Waals surface area contributed by atoms with E-state index >= 15 is 0 Å². The maximum absolute atomic E-state index is 6.75. The Morgan fingerprint density at radius 1 is 0.312 bits per heavy atom. The van der Waals surface area contributed by atoms with Crippen molar-refractivity contribution in [3.8, 4) is 33.4 Å². The van der Waals surface area contributed by atoms with Crippen LogP contribution in [0.4, 0.5) is 17.1 Å². The normalized spacial score (nSPS) is 12.8. The quantitative estimate of drug-likeness (QED) is 0.160. The Hall–Kier alpha value is -8.40. The largest absolute Gasteiger partial charge is 0.456 e. The molecule has 0 atom stereocenters. The van der Waals surface area contributed by atoms with Crippen LogP contribution in [0.1, 0.15) is 22.3 Å². The number of para-hydroxylation sites is 3. The van der Waals surface area contributed by atoms with Crippen molar-refractivity contribution in [2.45, 2.75) is 5.41 Å². The van der Waals surface area contributed by atoms with Gasteiger partial charge in [-0.2, -0.15) is 0 Å². The summed E-state index contributed by atoms with van der Waals surface area (Å²) in [5.41, 5.74) is 18.2. The Kier molecular flexibility index (Phi) is 8.13. The Labute approximate surface area is 370 Å². The lowest BCUT2D eigenvalue weighted by molar-refractivity contribution is 0.668. The average Bonchev–Trinajstić information content (AvgIpc) is 4.03. The summed E-state index contributed by atoms with van der Waals surface area (Å²) in [7, 11) is 0. The molecule has 1 aliphatic carbocycles. The maximum atomic E-state index is 6.75. The molecule has 12 aromatic rings. The van der Waals surface area contributed by atoms with Gasteiger partial charge in [-0.1, -0.05) is 176 Å². The zero-order valence-corrected chi connectivity index (χ0v) is 34.8. The average molecular weight is 818 g/mol. The van der Waals surface area contributed by atoms with Crippen molar-refractivity contribution in [2.24, 2.45) is 0 Å². The van der Waals surface area contributed by atoms with Crippen LogP contribution in [0.5, 0.6) is 0 Å². The summed E-state index contributed by atoms with van der Waals surface area (Å²) in [6.07, 6.45) is 0. The van der Waals surface area contributed by atoms with E-state index in [-0.39, 0.29) is 0 Å². The lowest BCUT2D eigenvalue weighted by Crippen LogP contribution is -2.28. The molecule has 64 heavy (non-hydrogen) atoms. The minimum absolute atomic E-state index is 0.481. The van der Waals surface area contributed by atoms with Crippen molar-refractivity contribution >= 4 is 60.9 Å². The molecule has 0 saturated heterocycles. The Morgan fingerprint density at radius 3 is 1.62 bits per heavy atom. The smallest absolute Gasteiger partial charge is 0.159 e. The SMILES string of the molecule is c1ccc(C2(c3ccccc3)c3ccccc3-c3cc(N(c4ccc(-c5cccc(-c6ccc7oc8ccccc8c7c6)c5)cc4)c4cccc5c4oc4ccccc45)ccc32)cc1. The third-order valence-corrected chi connectivity index (χ3v) is 13.4. The van der Waals surface area contributed by atoms with Gasteiger partial charge in [-0.3, -0.25) is 0 Å². The number of rotatable bonds is 7. The second kappa shape index (κ2) is 14.3. The van der Waals surface area contributed by atoms with Crippen LogP contribution in [-0.4, -0.2) is 0 Å². The van der Waals surface area contributed by atoms with Crippen LogP contribution in [0.3, 0.4) is 0 Å². The molecule has 0 saturated carbocycles. The molecule has 10 aromatic carbocycles. The standard InChI is InChI=1S/C61H39NO2/c1-3-17-44(18-4-1)61(45-19-5-2-6-20-45)54-25-10-7-21-48(54)52-39-47(34-35-55(52)61)62(56-26-14-24-51-49-22-8-12-28-58(49)64-60(51)56)46-32-29-40(30-33-46)41-15-13-16-42(37-41)43-31-36-59-53(38-43)50-23-9-11-27-57(50)63-59/h1-39H. The molecule has 3 nitrogen and oxygen atoms in total. The zero-order valence-electron chi connectivity index (χ0n) is 34.8. The van der Waals surface area contributed by atoms with Gasteiger partial charge in [0.1, 0.15) is 16.7 Å². The topological polar surface area (TPSA) is 29.5 Å². The molecule has 0 N–H and O–H groups in total. The molecular weight excluding hydrogens is 779 g/mol. The Morgan fingerprint density at radius 2 is 0.859 bits per heavy atom. The minimum atomic E-state index is -0.481. The zero-order chi connectivity index (χ0) is 42.2. The lowest BCUT2D eigenvalue weighted by atomic mass is 9.68. The van der Waals surface area contributed by atoms with Gasteiger partial charge >= 0.3 is 0 Å². The lowest BCUT2D eigenvalue weighted by Gasteiger charge is -2.34. The van der Waals surface area contributed by atoms with Gasteiger partial charge in [-0.15, -0.1) is 0 Å². The second-order valence-corrected chi connectivity index (χ2v) is 16.8. The summed E-state index contributed by atoms with van der Waals surface area (Å²) in [6, 6.07) is 85.3. The summed E-state index contributed by atoms with van der Waals surface area (Å²) in [6.45, 7) is 0. The van der Waals surface area contributed by atoms with Gasteiger partial charge in [-0.25, -0.2) is 0 Å². The molecule has 2 heterocycles. The number of hydrogen-bond donors (Lipinski definition) is 0. The van der Waals surface area contributed by atoms with Gasteiger partial charge in [0.25, 0.3) is 0 Å². The molecule has 0 unspecified atom stereocenters. The molecule has 0 radical (unpaired) electrons. The van der Waals surface area contributed by atoms with Crippen LogP contribution in [0.2, 0.25) is 0 Å². The summed E-state index contributed by atoms with van der Waals surface area (Å²) in [5.74, 6) is 0. The maximum Gasteiger partial charge on any atom is 0.159 e. The van der Waals surface area contributed by atoms with E-state index in [1.54, 1.807) is 0 Å². The van der Waals surface area contributed by atoms with Crippen molar-refractivity contribution < 1.29 is 8.83 Å². The first-order valence-electron chi connectivity index (χ1n) is 21.9. The van der Waals surface area contributed by atoms with Crippen molar-refractivity contribution in [2.75, 3.05) is 4.90 Å². The summed E-state index contributed by atoms with van der Waals surface area (Å²) >= 11 is 0. The fourth-order valence-electron chi connectivity index (χ4n) is 10.5. The molecule has 2 aromatic heterocycles. The van der Waals surface area contributed by atoms with E-state index < -0.39 is 5.41 Å². The summed E-state index contributed by atoms with van der Waals surface area (Å²) < 4.78 is 12.9. The first kappa shape index (κ1) is 36.3. The predicted octanol–water partition coefficient (Wildman–Crippen LogP) is 16.7. The first-order chi connectivity index (χ1) is 31.7. The number of hydrogen-bond acceptors (Lipinski definition) is 3. The van der Waals surface area contributed by atoms with Crippen LogP contribution in [0, 0.1) is 0 Å². The predicted molar refractivity (Wildman–Crippen MR) is 264 cm³/mol. The van der Waals surface area contributed by atoms with E-state index in [2.05, 4.69) is 223 Å². The molecule has 300 valence electrons. The number of nitrogens with zero attached hydrogens (tertiary/aromatic N) is 1. The fraction of sp³-hybridized carbons (Fsp3) is 0.0164. The second-order valence-electron chi connectivity index (χ2n) is 16.8. The van der Waals surface area contributed by atoms with Crippen LogP contribution in [0.25, 0.3) is 77.3 Å². The van der Waals surface area contributed by atoms with E-state index in [1.165, 1.54) is 33.4 Å². The Balaban J connectivity index is 0.965. The van der Waals surface area contributed by atoms with Crippen LogP contribution in [-0.2, 0) is 5.41 Å². The van der Waals surface area contributed by atoms with E-state index in [9.17, 15) is 0 Å². The number of furan rings is 2. The van der Waals surface area contributed by atoms with Gasteiger partial charge in [0.2, 0.25) is 0 Å². The monoisotopic (exact) mass is 817 g/mol. The molecule has 1 aliphatic rings. The van der Waals surface area contributed by atoms with Crippen molar-refractivity contribution in [1.82, 2.24) is 0 Å². The molecule has 0 bridgehead atoms. The highest BCUT2D eigenvalue weighted by atomic mass is 16.3. The van der Waals surface area contributed by atoms with Gasteiger partial charge < -0.3 is 13.7 Å². The highest BCUT2D eigenvalue weighted by molar-refractivity contribution is 6.10. The van der Waals surface area contributed by atoms with Gasteiger partial charge in [0.05, 0.1) is 11.1 Å². The minimum Gasteiger partial charge on any atom is -0.456 e. The summed E-state index contributed by atoms with van der Waals surface area (Å²) in [5, 5.41) is 4.46. The highest BCUT2D eigenvalue weighted by Crippen LogP contribution is 2.57. The van der Waals surface area contributed by atoms with E-state index in [0.717, 1.165) is 83.2 Å². The van der Waals surface area contributed by atoms with Crippen molar-refractivity contribution in [3.05, 3.63) is 259 Å². The third kappa shape index (κ3) is 5.47. The summed E-state index contributed by atoms with van der Waals surface area (Å²) in [4.78, 5) is 2.36. The Bertz CT molecular complexity index is 3690. The molecule has 0 fully saturated rings. The molecular formula is C61H39NO2. The fourth-order valence-corrected chi connectivity index (χ4v) is 10.5. The van der Waals surface area contributed by atoms with Gasteiger partial charge in [0, 0.05) is 32.9 Å². The van der Waals surface area contributed by atoms with Crippen LogP contribution in [0.15, 0.2) is 245 Å². The van der Waals surface area contributed by atoms with Crippen molar-refractivity contribution in [1.29, 1.82) is 0 Å². The number of anilines is 3. The van der Waals surface area contributed by atoms with Crippen LogP contribution >= 0.6 is 0 Å². The molecule has 0 amide bonds. The van der Waals surface area contributed by atoms with Gasteiger partial charge in [0.15, 0.2) is 5.58 Å². The first-order valence-corrected chi connectivity index (χ1v) is 21.9. The molecule has 0 spiro atoms. The van der Waals surface area contributed by atoms with Crippen LogP contribution < -0.4 is 4.90 Å². The van der Waals surface area contributed by atoms with Gasteiger partial charge in [-0.05, 0) is 116 Å². The molecule has 13 rings (SSSR count). The van der Waals surface area contributed by atoms with E-state index in [0.29, 0.717) is 0 Å². The third-order valence-electron chi connectivity index (χ3n) is 13.4. The number of fused-ring (bicyclic) bond motifs is 9. The highest BCUT2D eigenvalue weighted by Gasteiger charge is 2.46.